The monoisotopic (exact) mass is 221 g/mol. The second-order valence-electron chi connectivity index (χ2n) is 3.86. The molecule has 0 aliphatic heterocycles. The number of nitrogens with zero attached hydrogens (tertiary/aromatic N) is 3. The minimum Gasteiger partial charge on any atom is -0.240 e. The van der Waals surface area contributed by atoms with Crippen LogP contribution in [0, 0.1) is 0 Å². The molecule has 0 aliphatic rings. The molecule has 0 aliphatic carbocycles. The maximum Gasteiger partial charge on any atom is 0.162 e. The summed E-state index contributed by atoms with van der Waals surface area (Å²) < 4.78 is 0. The molecule has 0 saturated heterocycles. The van der Waals surface area contributed by atoms with E-state index in [1.54, 1.807) is 6.20 Å². The van der Waals surface area contributed by atoms with Crippen LogP contribution in [-0.2, 0) is 6.42 Å². The first-order valence-corrected chi connectivity index (χ1v) is 5.52. The van der Waals surface area contributed by atoms with E-state index in [1.807, 2.05) is 36.5 Å². The summed E-state index contributed by atoms with van der Waals surface area (Å²) in [6, 6.07) is 14.1. The highest BCUT2D eigenvalue weighted by molar-refractivity contribution is 5.72. The minimum atomic E-state index is 0.743. The molecular formula is C14H11N3. The van der Waals surface area contributed by atoms with Gasteiger partial charge >= 0.3 is 0 Å². The van der Waals surface area contributed by atoms with E-state index in [9.17, 15) is 0 Å². The molecule has 0 N–H and O–H groups in total. The fraction of sp³-hybridized carbons (Fsp3) is 0.0714. The Hall–Kier alpha value is -2.29. The third-order valence-corrected chi connectivity index (χ3v) is 2.61. The first-order chi connectivity index (χ1) is 8.42. The van der Waals surface area contributed by atoms with E-state index in [4.69, 9.17) is 0 Å². The Bertz CT molecular complexity index is 635. The molecular weight excluding hydrogens is 210 g/mol. The Balaban J connectivity index is 1.96. The second kappa shape index (κ2) is 4.29. The highest BCUT2D eigenvalue weighted by Gasteiger charge is 2.01. The average molecular weight is 221 g/mol. The quantitative estimate of drug-likeness (QED) is 0.667. The molecule has 3 nitrogen and oxygen atoms in total. The summed E-state index contributed by atoms with van der Waals surface area (Å²) in [5, 5.41) is 0.976. The summed E-state index contributed by atoms with van der Waals surface area (Å²) in [6.07, 6.45) is 4.32. The molecule has 1 aromatic carbocycles. The maximum atomic E-state index is 4.45. The molecule has 3 aromatic rings. The van der Waals surface area contributed by atoms with E-state index in [0.717, 1.165) is 23.3 Å². The van der Waals surface area contributed by atoms with Gasteiger partial charge in [-0.1, -0.05) is 30.3 Å². The maximum absolute atomic E-state index is 4.45. The van der Waals surface area contributed by atoms with Gasteiger partial charge in [-0.2, -0.15) is 0 Å². The first-order valence-electron chi connectivity index (χ1n) is 5.52. The zero-order valence-electron chi connectivity index (χ0n) is 9.24. The minimum absolute atomic E-state index is 0.743. The molecule has 17 heavy (non-hydrogen) atoms. The number of hydrogen-bond acceptors (Lipinski definition) is 3. The van der Waals surface area contributed by atoms with Crippen LogP contribution >= 0.6 is 0 Å². The van der Waals surface area contributed by atoms with Gasteiger partial charge in [0.2, 0.25) is 0 Å². The van der Waals surface area contributed by atoms with E-state index in [2.05, 4.69) is 27.1 Å². The normalized spacial score (nSPS) is 10.6. The zero-order chi connectivity index (χ0) is 11.5. The molecule has 2 heterocycles. The third kappa shape index (κ3) is 2.13. The van der Waals surface area contributed by atoms with Crippen molar-refractivity contribution in [2.45, 2.75) is 6.42 Å². The standard InChI is InChI=1S/C14H11N3/c1-2-5-11(6-3-1)9-13-16-10-12-7-4-8-15-14(12)17-13/h1-8,10H,9H2. The summed E-state index contributed by atoms with van der Waals surface area (Å²) in [4.78, 5) is 13.0. The summed E-state index contributed by atoms with van der Waals surface area (Å²) in [5.74, 6) is 0.808. The summed E-state index contributed by atoms with van der Waals surface area (Å²) in [5.41, 5.74) is 1.97. The Morgan fingerprint density at radius 2 is 1.76 bits per heavy atom. The number of hydrogen-bond donors (Lipinski definition) is 0. The fourth-order valence-electron chi connectivity index (χ4n) is 1.76. The van der Waals surface area contributed by atoms with Gasteiger partial charge in [0.1, 0.15) is 5.82 Å². The zero-order valence-corrected chi connectivity index (χ0v) is 9.24. The van der Waals surface area contributed by atoms with Gasteiger partial charge in [0.25, 0.3) is 0 Å². The highest BCUT2D eigenvalue weighted by atomic mass is 14.9. The SMILES string of the molecule is c1ccc(Cc2ncc3cccnc3n2)cc1. The third-order valence-electron chi connectivity index (χ3n) is 2.61. The van der Waals surface area contributed by atoms with Crippen molar-refractivity contribution in [1.82, 2.24) is 15.0 Å². The Kier molecular flexibility index (Phi) is 2.50. The van der Waals surface area contributed by atoms with Crippen molar-refractivity contribution in [3.8, 4) is 0 Å². The largest absolute Gasteiger partial charge is 0.240 e. The van der Waals surface area contributed by atoms with Gasteiger partial charge in [-0.15, -0.1) is 0 Å². The molecule has 0 saturated carbocycles. The van der Waals surface area contributed by atoms with Crippen molar-refractivity contribution in [2.24, 2.45) is 0 Å². The lowest BCUT2D eigenvalue weighted by Crippen LogP contribution is -1.97. The summed E-state index contributed by atoms with van der Waals surface area (Å²) in [6.45, 7) is 0. The van der Waals surface area contributed by atoms with Crippen LogP contribution in [-0.4, -0.2) is 15.0 Å². The molecule has 0 amide bonds. The van der Waals surface area contributed by atoms with Crippen LogP contribution in [0.2, 0.25) is 0 Å². The summed E-state index contributed by atoms with van der Waals surface area (Å²) >= 11 is 0. The van der Waals surface area contributed by atoms with E-state index in [-0.39, 0.29) is 0 Å². The van der Waals surface area contributed by atoms with Crippen LogP contribution < -0.4 is 0 Å². The molecule has 82 valence electrons. The second-order valence-corrected chi connectivity index (χ2v) is 3.86. The van der Waals surface area contributed by atoms with Gasteiger partial charge in [0.15, 0.2) is 5.65 Å². The van der Waals surface area contributed by atoms with Crippen LogP contribution in [0.25, 0.3) is 11.0 Å². The van der Waals surface area contributed by atoms with Gasteiger partial charge in [-0.25, -0.2) is 15.0 Å². The first kappa shape index (κ1) is 9.90. The predicted octanol–water partition coefficient (Wildman–Crippen LogP) is 2.62. The molecule has 0 spiro atoms. The molecule has 0 fully saturated rings. The van der Waals surface area contributed by atoms with Gasteiger partial charge in [-0.3, -0.25) is 0 Å². The molecule has 0 radical (unpaired) electrons. The molecule has 0 unspecified atom stereocenters. The molecule has 0 atom stereocenters. The van der Waals surface area contributed by atoms with Gasteiger partial charge < -0.3 is 0 Å². The van der Waals surface area contributed by atoms with Crippen molar-refractivity contribution in [3.05, 3.63) is 66.2 Å². The smallest absolute Gasteiger partial charge is 0.162 e. The number of aromatic nitrogens is 3. The van der Waals surface area contributed by atoms with E-state index < -0.39 is 0 Å². The lowest BCUT2D eigenvalue weighted by molar-refractivity contribution is 0.983. The van der Waals surface area contributed by atoms with Crippen molar-refractivity contribution < 1.29 is 0 Å². The number of rotatable bonds is 2. The summed E-state index contributed by atoms with van der Waals surface area (Å²) in [7, 11) is 0. The van der Waals surface area contributed by atoms with Crippen molar-refractivity contribution in [2.75, 3.05) is 0 Å². The van der Waals surface area contributed by atoms with Gasteiger partial charge in [0, 0.05) is 24.2 Å². The lowest BCUT2D eigenvalue weighted by atomic mass is 10.1. The molecule has 3 rings (SSSR count). The van der Waals surface area contributed by atoms with E-state index >= 15 is 0 Å². The Morgan fingerprint density at radius 3 is 2.65 bits per heavy atom. The van der Waals surface area contributed by atoms with Crippen LogP contribution in [0.5, 0.6) is 0 Å². The van der Waals surface area contributed by atoms with Crippen LogP contribution in [0.1, 0.15) is 11.4 Å². The Labute approximate surface area is 99.2 Å². The molecule has 0 bridgehead atoms. The number of fused-ring (bicyclic) bond motifs is 1. The van der Waals surface area contributed by atoms with Gasteiger partial charge in [-0.05, 0) is 17.7 Å². The molecule has 2 aromatic heterocycles. The Morgan fingerprint density at radius 1 is 0.882 bits per heavy atom. The van der Waals surface area contributed by atoms with Gasteiger partial charge in [0.05, 0.1) is 0 Å². The van der Waals surface area contributed by atoms with E-state index in [1.165, 1.54) is 5.56 Å². The number of pyridine rings is 1. The number of benzene rings is 1. The van der Waals surface area contributed by atoms with Crippen molar-refractivity contribution >= 4 is 11.0 Å². The van der Waals surface area contributed by atoms with Crippen LogP contribution in [0.4, 0.5) is 0 Å². The van der Waals surface area contributed by atoms with E-state index in [0.29, 0.717) is 0 Å². The van der Waals surface area contributed by atoms with Crippen LogP contribution in [0.3, 0.4) is 0 Å². The molecule has 3 heteroatoms. The highest BCUT2D eigenvalue weighted by Crippen LogP contribution is 2.09. The van der Waals surface area contributed by atoms with Crippen molar-refractivity contribution in [1.29, 1.82) is 0 Å². The fourth-order valence-corrected chi connectivity index (χ4v) is 1.76. The average Bonchev–Trinajstić information content (AvgIpc) is 2.40. The van der Waals surface area contributed by atoms with Crippen LogP contribution in [0.15, 0.2) is 54.9 Å². The topological polar surface area (TPSA) is 38.7 Å². The lowest BCUT2D eigenvalue weighted by Gasteiger charge is -2.01. The van der Waals surface area contributed by atoms with Crippen molar-refractivity contribution in [3.63, 3.8) is 0 Å². The predicted molar refractivity (Wildman–Crippen MR) is 66.6 cm³/mol.